The van der Waals surface area contributed by atoms with E-state index in [0.717, 1.165) is 48.1 Å². The first-order chi connectivity index (χ1) is 8.22. The predicted molar refractivity (Wildman–Crippen MR) is 69.1 cm³/mol. The number of methoxy groups -OCH3 is 1. The number of ketones is 1. The summed E-state index contributed by atoms with van der Waals surface area (Å²) in [6.45, 7) is 1.67. The number of thiazole rings is 1. The highest BCUT2D eigenvalue weighted by atomic mass is 32.1. The molecule has 17 heavy (non-hydrogen) atoms. The normalized spacial score (nSPS) is 14.8. The number of nitrogens with zero attached hydrogens (tertiary/aromatic N) is 2. The Morgan fingerprint density at radius 1 is 1.47 bits per heavy atom. The zero-order valence-electron chi connectivity index (χ0n) is 10.4. The number of hydrogen-bond donors (Lipinski definition) is 0. The van der Waals surface area contributed by atoms with Crippen LogP contribution in [0, 0.1) is 0 Å². The van der Waals surface area contributed by atoms with Gasteiger partial charge in [0.25, 0.3) is 0 Å². The molecule has 0 amide bonds. The van der Waals surface area contributed by atoms with E-state index in [0.29, 0.717) is 6.42 Å². The standard InChI is InChI=1S/C12H18N2O2S/c1-14(7-4-8-16-2)12-13-11-9(15)5-3-6-10(11)17-12/h3-8H2,1-2H3. The van der Waals surface area contributed by atoms with E-state index in [9.17, 15) is 4.79 Å². The maximum absolute atomic E-state index is 11.7. The minimum Gasteiger partial charge on any atom is -0.385 e. The number of anilines is 1. The van der Waals surface area contributed by atoms with Crippen LogP contribution in [0.4, 0.5) is 5.13 Å². The number of rotatable bonds is 5. The molecule has 1 aliphatic carbocycles. The fourth-order valence-corrected chi connectivity index (χ4v) is 3.07. The number of hydrogen-bond acceptors (Lipinski definition) is 5. The molecule has 0 aromatic carbocycles. The molecule has 0 fully saturated rings. The van der Waals surface area contributed by atoms with Crippen LogP contribution in [0.2, 0.25) is 0 Å². The Morgan fingerprint density at radius 2 is 2.29 bits per heavy atom. The maximum atomic E-state index is 11.7. The highest BCUT2D eigenvalue weighted by molar-refractivity contribution is 7.16. The van der Waals surface area contributed by atoms with Crippen molar-refractivity contribution in [3.05, 3.63) is 10.6 Å². The van der Waals surface area contributed by atoms with Gasteiger partial charge in [-0.15, -0.1) is 11.3 Å². The number of carbonyl (C=O) groups excluding carboxylic acids is 1. The summed E-state index contributed by atoms with van der Waals surface area (Å²) >= 11 is 1.66. The third kappa shape index (κ3) is 2.84. The van der Waals surface area contributed by atoms with E-state index in [4.69, 9.17) is 4.74 Å². The summed E-state index contributed by atoms with van der Waals surface area (Å²) in [5, 5.41) is 0.960. The molecule has 0 bridgehead atoms. The maximum Gasteiger partial charge on any atom is 0.185 e. The Balaban J connectivity index is 2.04. The Bertz CT molecular complexity index is 403. The molecular formula is C12H18N2O2S. The van der Waals surface area contributed by atoms with Crippen molar-refractivity contribution in [2.45, 2.75) is 25.7 Å². The summed E-state index contributed by atoms with van der Waals surface area (Å²) in [6, 6.07) is 0. The largest absolute Gasteiger partial charge is 0.385 e. The molecular weight excluding hydrogens is 236 g/mol. The highest BCUT2D eigenvalue weighted by Crippen LogP contribution is 2.31. The van der Waals surface area contributed by atoms with Crippen molar-refractivity contribution < 1.29 is 9.53 Å². The van der Waals surface area contributed by atoms with Gasteiger partial charge in [-0.1, -0.05) is 0 Å². The van der Waals surface area contributed by atoms with Crippen molar-refractivity contribution in [2.75, 3.05) is 32.2 Å². The molecule has 0 spiro atoms. The van der Waals surface area contributed by atoms with E-state index >= 15 is 0 Å². The molecule has 0 aliphatic heterocycles. The van der Waals surface area contributed by atoms with Gasteiger partial charge in [0.1, 0.15) is 5.69 Å². The van der Waals surface area contributed by atoms with Crippen LogP contribution < -0.4 is 4.90 Å². The Morgan fingerprint density at radius 3 is 3.00 bits per heavy atom. The predicted octanol–water partition coefficient (Wildman–Crippen LogP) is 2.13. The summed E-state index contributed by atoms with van der Waals surface area (Å²) in [7, 11) is 3.73. The van der Waals surface area contributed by atoms with Crippen LogP contribution in [0.25, 0.3) is 0 Å². The number of ether oxygens (including phenoxy) is 1. The number of carbonyl (C=O) groups is 1. The molecule has 0 saturated heterocycles. The second-order valence-electron chi connectivity index (χ2n) is 4.31. The van der Waals surface area contributed by atoms with Crippen molar-refractivity contribution in [1.29, 1.82) is 0 Å². The zero-order valence-corrected chi connectivity index (χ0v) is 11.2. The summed E-state index contributed by atoms with van der Waals surface area (Å²) < 4.78 is 5.03. The van der Waals surface area contributed by atoms with E-state index < -0.39 is 0 Å². The minimum absolute atomic E-state index is 0.207. The van der Waals surface area contributed by atoms with Crippen LogP contribution in [-0.2, 0) is 11.2 Å². The van der Waals surface area contributed by atoms with Gasteiger partial charge in [0, 0.05) is 38.6 Å². The molecule has 1 aliphatic rings. The number of fused-ring (bicyclic) bond motifs is 1. The molecule has 2 rings (SSSR count). The number of aromatic nitrogens is 1. The summed E-state index contributed by atoms with van der Waals surface area (Å²) in [6.07, 6.45) is 3.61. The summed E-state index contributed by atoms with van der Waals surface area (Å²) in [5.41, 5.74) is 0.717. The van der Waals surface area contributed by atoms with E-state index in [2.05, 4.69) is 9.88 Å². The molecule has 4 nitrogen and oxygen atoms in total. The number of Topliss-reactive ketones (excluding diaryl/α,β-unsaturated/α-hetero) is 1. The van der Waals surface area contributed by atoms with Gasteiger partial charge in [-0.2, -0.15) is 0 Å². The minimum atomic E-state index is 0.207. The lowest BCUT2D eigenvalue weighted by atomic mass is 10.0. The Kier molecular flexibility index (Phi) is 4.12. The van der Waals surface area contributed by atoms with Gasteiger partial charge in [0.05, 0.1) is 0 Å². The first-order valence-electron chi connectivity index (χ1n) is 5.95. The fourth-order valence-electron chi connectivity index (χ4n) is 1.96. The van der Waals surface area contributed by atoms with Crippen molar-refractivity contribution in [2.24, 2.45) is 0 Å². The Labute approximate surface area is 106 Å². The van der Waals surface area contributed by atoms with Gasteiger partial charge in [-0.05, 0) is 19.3 Å². The van der Waals surface area contributed by atoms with Crippen molar-refractivity contribution in [3.63, 3.8) is 0 Å². The van der Waals surface area contributed by atoms with Gasteiger partial charge in [0.2, 0.25) is 0 Å². The van der Waals surface area contributed by atoms with Crippen molar-refractivity contribution in [1.82, 2.24) is 4.98 Å². The van der Waals surface area contributed by atoms with Crippen molar-refractivity contribution >= 4 is 22.3 Å². The molecule has 0 saturated carbocycles. The van der Waals surface area contributed by atoms with Gasteiger partial charge in [-0.25, -0.2) is 4.98 Å². The van der Waals surface area contributed by atoms with Crippen LogP contribution in [0.1, 0.15) is 34.6 Å². The zero-order chi connectivity index (χ0) is 12.3. The molecule has 1 heterocycles. The van der Waals surface area contributed by atoms with Gasteiger partial charge in [0.15, 0.2) is 10.9 Å². The molecule has 0 atom stereocenters. The average molecular weight is 254 g/mol. The lowest BCUT2D eigenvalue weighted by Gasteiger charge is -2.14. The van der Waals surface area contributed by atoms with Crippen LogP contribution in [0.3, 0.4) is 0 Å². The third-order valence-corrected chi connectivity index (χ3v) is 4.16. The fraction of sp³-hybridized carbons (Fsp3) is 0.667. The lowest BCUT2D eigenvalue weighted by molar-refractivity contribution is 0.0968. The Hall–Kier alpha value is -0.940. The van der Waals surface area contributed by atoms with Gasteiger partial charge < -0.3 is 9.64 Å². The second kappa shape index (κ2) is 5.60. The number of aryl methyl sites for hydroxylation is 1. The summed E-state index contributed by atoms with van der Waals surface area (Å²) in [4.78, 5) is 19.4. The molecule has 94 valence electrons. The summed E-state index contributed by atoms with van der Waals surface area (Å²) in [5.74, 6) is 0.207. The molecule has 0 N–H and O–H groups in total. The van der Waals surface area contributed by atoms with Crippen LogP contribution in [-0.4, -0.2) is 38.1 Å². The SMILES string of the molecule is COCCCN(C)c1nc2c(s1)CCCC2=O. The third-order valence-electron chi connectivity index (χ3n) is 2.93. The molecule has 1 aromatic rings. The average Bonchev–Trinajstić information content (AvgIpc) is 2.75. The first kappa shape index (κ1) is 12.5. The van der Waals surface area contributed by atoms with E-state index in [1.807, 2.05) is 7.05 Å². The molecule has 0 unspecified atom stereocenters. The van der Waals surface area contributed by atoms with Gasteiger partial charge >= 0.3 is 0 Å². The van der Waals surface area contributed by atoms with E-state index in [1.165, 1.54) is 0 Å². The smallest absolute Gasteiger partial charge is 0.185 e. The monoisotopic (exact) mass is 254 g/mol. The quantitative estimate of drug-likeness (QED) is 0.755. The van der Waals surface area contributed by atoms with E-state index in [1.54, 1.807) is 18.4 Å². The molecule has 0 radical (unpaired) electrons. The topological polar surface area (TPSA) is 42.4 Å². The van der Waals surface area contributed by atoms with Gasteiger partial charge in [-0.3, -0.25) is 4.79 Å². The van der Waals surface area contributed by atoms with Crippen LogP contribution >= 0.6 is 11.3 Å². The van der Waals surface area contributed by atoms with Crippen molar-refractivity contribution in [3.8, 4) is 0 Å². The van der Waals surface area contributed by atoms with E-state index in [-0.39, 0.29) is 5.78 Å². The highest BCUT2D eigenvalue weighted by Gasteiger charge is 2.23. The molecule has 1 aromatic heterocycles. The van der Waals surface area contributed by atoms with Crippen LogP contribution in [0.5, 0.6) is 0 Å². The lowest BCUT2D eigenvalue weighted by Crippen LogP contribution is -2.19. The first-order valence-corrected chi connectivity index (χ1v) is 6.77. The van der Waals surface area contributed by atoms with Crippen LogP contribution in [0.15, 0.2) is 0 Å². The second-order valence-corrected chi connectivity index (χ2v) is 5.37. The molecule has 5 heteroatoms.